The van der Waals surface area contributed by atoms with Crippen molar-refractivity contribution in [2.24, 2.45) is 0 Å². The molecule has 62 valence electrons. The zero-order valence-electron chi connectivity index (χ0n) is 6.92. The van der Waals surface area contributed by atoms with E-state index >= 15 is 0 Å². The van der Waals surface area contributed by atoms with Gasteiger partial charge in [0.25, 0.3) is 0 Å². The summed E-state index contributed by atoms with van der Waals surface area (Å²) in [4.78, 5) is 0. The van der Waals surface area contributed by atoms with E-state index in [1.165, 1.54) is 0 Å². The predicted molar refractivity (Wildman–Crippen MR) is 39.2 cm³/mol. The van der Waals surface area contributed by atoms with Crippen LogP contribution < -0.4 is 0 Å². The third kappa shape index (κ3) is 6.01. The minimum absolute atomic E-state index is 0.167. The van der Waals surface area contributed by atoms with Gasteiger partial charge in [0.05, 0.1) is 25.9 Å². The summed E-state index contributed by atoms with van der Waals surface area (Å²) in [5, 5.41) is 0. The SMILES string of the molecule is COCCOC(C)COC. The van der Waals surface area contributed by atoms with Gasteiger partial charge in [-0.25, -0.2) is 0 Å². The number of ether oxygens (including phenoxy) is 3. The van der Waals surface area contributed by atoms with Gasteiger partial charge in [0.1, 0.15) is 0 Å². The Labute approximate surface area is 62.3 Å². The normalized spacial score (nSPS) is 13.5. The quantitative estimate of drug-likeness (QED) is 0.518. The van der Waals surface area contributed by atoms with Crippen LogP contribution in [0.3, 0.4) is 0 Å². The molecule has 0 rings (SSSR count). The average Bonchev–Trinajstić information content (AvgIpc) is 1.89. The lowest BCUT2D eigenvalue weighted by Gasteiger charge is -2.10. The highest BCUT2D eigenvalue weighted by Gasteiger charge is 1.98. The van der Waals surface area contributed by atoms with Gasteiger partial charge in [-0.05, 0) is 6.92 Å². The maximum absolute atomic E-state index is 5.27. The molecular weight excluding hydrogens is 132 g/mol. The molecule has 10 heavy (non-hydrogen) atoms. The third-order valence-corrected chi connectivity index (χ3v) is 1.09. The predicted octanol–water partition coefficient (Wildman–Crippen LogP) is 0.684. The Bertz CT molecular complexity index is 65.9. The summed E-state index contributed by atoms with van der Waals surface area (Å²) in [6.45, 7) is 3.90. The fourth-order valence-electron chi connectivity index (χ4n) is 0.615. The molecule has 0 N–H and O–H groups in total. The standard InChI is InChI=1S/C7H16O3/c1-7(6-9-3)10-5-4-8-2/h7H,4-6H2,1-3H3. The summed E-state index contributed by atoms with van der Waals surface area (Å²) in [6.07, 6.45) is 0.167. The minimum Gasteiger partial charge on any atom is -0.382 e. The highest BCUT2D eigenvalue weighted by Crippen LogP contribution is 1.89. The van der Waals surface area contributed by atoms with E-state index in [0.717, 1.165) is 0 Å². The zero-order valence-corrected chi connectivity index (χ0v) is 6.92. The first-order valence-corrected chi connectivity index (χ1v) is 3.40. The topological polar surface area (TPSA) is 27.7 Å². The molecule has 1 unspecified atom stereocenters. The van der Waals surface area contributed by atoms with Crippen LogP contribution in [0, 0.1) is 0 Å². The van der Waals surface area contributed by atoms with Gasteiger partial charge < -0.3 is 14.2 Å². The monoisotopic (exact) mass is 148 g/mol. The molecule has 0 aromatic rings. The van der Waals surface area contributed by atoms with Crippen molar-refractivity contribution in [3.8, 4) is 0 Å². The van der Waals surface area contributed by atoms with E-state index in [1.807, 2.05) is 6.92 Å². The van der Waals surface area contributed by atoms with Gasteiger partial charge in [-0.2, -0.15) is 0 Å². The van der Waals surface area contributed by atoms with Gasteiger partial charge >= 0.3 is 0 Å². The number of methoxy groups -OCH3 is 2. The summed E-state index contributed by atoms with van der Waals surface area (Å²) >= 11 is 0. The van der Waals surface area contributed by atoms with Crippen molar-refractivity contribution >= 4 is 0 Å². The summed E-state index contributed by atoms with van der Waals surface area (Å²) in [7, 11) is 3.32. The summed E-state index contributed by atoms with van der Waals surface area (Å²) < 4.78 is 14.9. The maximum Gasteiger partial charge on any atom is 0.0781 e. The molecule has 0 saturated heterocycles. The van der Waals surface area contributed by atoms with Crippen LogP contribution in [0.25, 0.3) is 0 Å². The molecule has 3 heteroatoms. The Kier molecular flexibility index (Phi) is 6.91. The highest BCUT2D eigenvalue weighted by atomic mass is 16.5. The van der Waals surface area contributed by atoms with Crippen molar-refractivity contribution in [1.82, 2.24) is 0 Å². The van der Waals surface area contributed by atoms with E-state index in [9.17, 15) is 0 Å². The van der Waals surface area contributed by atoms with Crippen molar-refractivity contribution in [2.75, 3.05) is 34.0 Å². The van der Waals surface area contributed by atoms with Crippen LogP contribution in [0.4, 0.5) is 0 Å². The third-order valence-electron chi connectivity index (χ3n) is 1.09. The van der Waals surface area contributed by atoms with Crippen LogP contribution >= 0.6 is 0 Å². The summed E-state index contributed by atoms with van der Waals surface area (Å²) in [5.41, 5.74) is 0. The fourth-order valence-corrected chi connectivity index (χ4v) is 0.615. The largest absolute Gasteiger partial charge is 0.382 e. The van der Waals surface area contributed by atoms with E-state index in [0.29, 0.717) is 19.8 Å². The van der Waals surface area contributed by atoms with Crippen LogP contribution in [0.5, 0.6) is 0 Å². The van der Waals surface area contributed by atoms with Crippen LogP contribution in [-0.4, -0.2) is 40.1 Å². The fraction of sp³-hybridized carbons (Fsp3) is 1.00. The first-order valence-electron chi connectivity index (χ1n) is 3.40. The molecular formula is C7H16O3. The Morgan fingerprint density at radius 2 is 1.80 bits per heavy atom. The lowest BCUT2D eigenvalue weighted by atomic mass is 10.4. The second-order valence-corrected chi connectivity index (χ2v) is 2.13. The second kappa shape index (κ2) is 6.99. The molecule has 0 bridgehead atoms. The number of hydrogen-bond acceptors (Lipinski definition) is 3. The van der Waals surface area contributed by atoms with Gasteiger partial charge in [0.2, 0.25) is 0 Å². The first-order chi connectivity index (χ1) is 4.81. The van der Waals surface area contributed by atoms with Crippen LogP contribution in [0.15, 0.2) is 0 Å². The van der Waals surface area contributed by atoms with Crippen molar-refractivity contribution in [1.29, 1.82) is 0 Å². The van der Waals surface area contributed by atoms with E-state index in [-0.39, 0.29) is 6.10 Å². The molecule has 0 aliphatic heterocycles. The molecule has 0 aromatic carbocycles. The van der Waals surface area contributed by atoms with E-state index in [1.54, 1.807) is 14.2 Å². The lowest BCUT2D eigenvalue weighted by molar-refractivity contribution is -0.0120. The Balaban J connectivity index is 2.97. The molecule has 1 atom stereocenters. The van der Waals surface area contributed by atoms with Gasteiger partial charge in [0, 0.05) is 14.2 Å². The molecule has 0 amide bonds. The molecule has 0 saturated carbocycles. The summed E-state index contributed by atoms with van der Waals surface area (Å²) in [5.74, 6) is 0. The summed E-state index contributed by atoms with van der Waals surface area (Å²) in [6, 6.07) is 0. The Morgan fingerprint density at radius 3 is 2.30 bits per heavy atom. The smallest absolute Gasteiger partial charge is 0.0781 e. The lowest BCUT2D eigenvalue weighted by Crippen LogP contribution is -2.17. The minimum atomic E-state index is 0.167. The average molecular weight is 148 g/mol. The maximum atomic E-state index is 5.27. The molecule has 0 aliphatic rings. The van der Waals surface area contributed by atoms with Crippen LogP contribution in [-0.2, 0) is 14.2 Å². The van der Waals surface area contributed by atoms with Crippen molar-refractivity contribution < 1.29 is 14.2 Å². The van der Waals surface area contributed by atoms with Crippen LogP contribution in [0.2, 0.25) is 0 Å². The molecule has 0 heterocycles. The van der Waals surface area contributed by atoms with Crippen molar-refractivity contribution in [3.05, 3.63) is 0 Å². The Morgan fingerprint density at radius 1 is 1.10 bits per heavy atom. The molecule has 0 radical (unpaired) electrons. The van der Waals surface area contributed by atoms with Gasteiger partial charge in [-0.1, -0.05) is 0 Å². The van der Waals surface area contributed by atoms with Gasteiger partial charge in [0.15, 0.2) is 0 Å². The van der Waals surface area contributed by atoms with E-state index in [2.05, 4.69) is 0 Å². The molecule has 0 aromatic heterocycles. The molecule has 0 fully saturated rings. The molecule has 0 aliphatic carbocycles. The first kappa shape index (κ1) is 9.88. The van der Waals surface area contributed by atoms with E-state index < -0.39 is 0 Å². The second-order valence-electron chi connectivity index (χ2n) is 2.13. The van der Waals surface area contributed by atoms with Crippen molar-refractivity contribution in [3.63, 3.8) is 0 Å². The number of hydrogen-bond donors (Lipinski definition) is 0. The molecule has 3 nitrogen and oxygen atoms in total. The van der Waals surface area contributed by atoms with Gasteiger partial charge in [-0.3, -0.25) is 0 Å². The Hall–Kier alpha value is -0.120. The zero-order chi connectivity index (χ0) is 7.82. The van der Waals surface area contributed by atoms with E-state index in [4.69, 9.17) is 14.2 Å². The number of rotatable bonds is 6. The molecule has 0 spiro atoms. The van der Waals surface area contributed by atoms with Crippen LogP contribution in [0.1, 0.15) is 6.92 Å². The van der Waals surface area contributed by atoms with Gasteiger partial charge in [-0.15, -0.1) is 0 Å². The van der Waals surface area contributed by atoms with Crippen molar-refractivity contribution in [2.45, 2.75) is 13.0 Å². The highest BCUT2D eigenvalue weighted by molar-refractivity contribution is 4.44.